The molecule has 0 unspecified atom stereocenters. The number of benzene rings is 1. The van der Waals surface area contributed by atoms with Crippen LogP contribution in [0.1, 0.15) is 5.56 Å². The first-order chi connectivity index (χ1) is 3.39. The zero-order chi connectivity index (χ0) is 5.11. The summed E-state index contributed by atoms with van der Waals surface area (Å²) in [5.74, 6) is 0. The summed E-state index contributed by atoms with van der Waals surface area (Å²) in [4.78, 5) is 0. The maximum absolute atomic E-state index is 3.72. The van der Waals surface area contributed by atoms with Gasteiger partial charge in [0.05, 0.1) is 0 Å². The Morgan fingerprint density at radius 3 is 1.75 bits per heavy atom. The van der Waals surface area contributed by atoms with Crippen molar-refractivity contribution in [2.45, 2.75) is 0 Å². The van der Waals surface area contributed by atoms with E-state index in [0.717, 1.165) is 5.56 Å². The molecule has 0 amide bonds. The van der Waals surface area contributed by atoms with Crippen molar-refractivity contribution in [2.75, 3.05) is 0 Å². The topological polar surface area (TPSA) is 0 Å². The fourth-order valence-electron chi connectivity index (χ4n) is 0.478. The van der Waals surface area contributed by atoms with E-state index in [-0.39, 0.29) is 19.8 Å². The van der Waals surface area contributed by atoms with Gasteiger partial charge in [-0.05, 0) is 12.5 Å². The first kappa shape index (κ1) is 7.86. The Kier molecular flexibility index (Phi) is 3.74. The third-order valence-corrected chi connectivity index (χ3v) is 0.843. The van der Waals surface area contributed by atoms with E-state index >= 15 is 0 Å². The molecule has 0 saturated heterocycles. The van der Waals surface area contributed by atoms with E-state index in [1.54, 1.807) is 0 Å². The molecule has 8 heavy (non-hydrogen) atoms. The molecule has 0 heterocycles. The number of hydrogen-bond acceptors (Lipinski definition) is 0. The molecule has 0 bridgehead atoms. The molecule has 0 saturated carbocycles. The van der Waals surface area contributed by atoms with Gasteiger partial charge in [0.15, 0.2) is 0 Å². The Labute approximate surface area is 63.0 Å². The summed E-state index contributed by atoms with van der Waals surface area (Å²) >= 11 is 0. The monoisotopic (exact) mass is 163 g/mol. The molecular weight excluding hydrogens is 154 g/mol. The molecule has 1 aromatic carbocycles. The Hall–Kier alpha value is -0.144. The van der Waals surface area contributed by atoms with Crippen LogP contribution in [0.4, 0.5) is 0 Å². The zero-order valence-corrected chi connectivity index (χ0v) is 4.09. The van der Waals surface area contributed by atoms with Crippen molar-refractivity contribution < 1.29 is 0 Å². The second kappa shape index (κ2) is 3.81. The van der Waals surface area contributed by atoms with E-state index in [2.05, 4.69) is 6.92 Å². The van der Waals surface area contributed by atoms with E-state index in [1.165, 1.54) is 0 Å². The predicted octanol–water partition coefficient (Wildman–Crippen LogP) is 0.685. The Morgan fingerprint density at radius 1 is 1.00 bits per heavy atom. The molecule has 1 rings (SSSR count). The molecule has 1 heteroatoms. The normalized spacial score (nSPS) is 7.62. The van der Waals surface area contributed by atoms with E-state index in [9.17, 15) is 0 Å². The maximum atomic E-state index is 3.72. The Bertz CT molecular complexity index is 134. The summed E-state index contributed by atoms with van der Waals surface area (Å²) in [6, 6.07) is 9.87. The fraction of sp³-hybridized carbons (Fsp3) is 0. The second-order valence-electron chi connectivity index (χ2n) is 1.49. The van der Waals surface area contributed by atoms with Crippen LogP contribution < -0.4 is 0 Å². The molecule has 0 aliphatic rings. The standard InChI is InChI=1S/C7H7.Ga.3H/c1-7-5-3-2-4-6-7;;;;/h2-6H,1H2;;;;. The summed E-state index contributed by atoms with van der Waals surface area (Å²) < 4.78 is 0. The van der Waals surface area contributed by atoms with Crippen molar-refractivity contribution in [1.29, 1.82) is 0 Å². The van der Waals surface area contributed by atoms with Crippen molar-refractivity contribution in [3.05, 3.63) is 42.8 Å². The van der Waals surface area contributed by atoms with E-state index < -0.39 is 0 Å². The molecule has 0 atom stereocenters. The van der Waals surface area contributed by atoms with Crippen molar-refractivity contribution in [3.8, 4) is 0 Å². The second-order valence-corrected chi connectivity index (χ2v) is 1.49. The third-order valence-electron chi connectivity index (χ3n) is 0.843. The predicted molar refractivity (Wildman–Crippen MR) is 40.8 cm³/mol. The van der Waals surface area contributed by atoms with Gasteiger partial charge in [-0.25, -0.2) is 0 Å². The molecule has 0 spiro atoms. The zero-order valence-electron chi connectivity index (χ0n) is 4.09. The quantitative estimate of drug-likeness (QED) is 0.494. The fourth-order valence-corrected chi connectivity index (χ4v) is 0.478. The molecule has 0 aromatic heterocycles. The molecule has 0 aliphatic carbocycles. The van der Waals surface area contributed by atoms with Crippen molar-refractivity contribution in [3.63, 3.8) is 0 Å². The van der Waals surface area contributed by atoms with Crippen LogP contribution in [-0.4, -0.2) is 19.8 Å². The van der Waals surface area contributed by atoms with Crippen LogP contribution >= 0.6 is 0 Å². The first-order valence-electron chi connectivity index (χ1n) is 2.26. The minimum absolute atomic E-state index is 0. The summed E-state index contributed by atoms with van der Waals surface area (Å²) in [7, 11) is 0. The Balaban J connectivity index is 0.000000490. The van der Waals surface area contributed by atoms with Crippen LogP contribution in [0.25, 0.3) is 0 Å². The molecule has 0 N–H and O–H groups in total. The van der Waals surface area contributed by atoms with Gasteiger partial charge in [-0.3, -0.25) is 0 Å². The number of rotatable bonds is 0. The van der Waals surface area contributed by atoms with Crippen molar-refractivity contribution >= 4 is 19.8 Å². The Morgan fingerprint density at radius 2 is 1.50 bits per heavy atom. The SMILES string of the molecule is [CH2]c1ccccc1.[GaH3]. The molecule has 1 radical (unpaired) electrons. The van der Waals surface area contributed by atoms with Gasteiger partial charge >= 0.3 is 19.8 Å². The first-order valence-corrected chi connectivity index (χ1v) is 2.26. The molecule has 0 fully saturated rings. The van der Waals surface area contributed by atoms with E-state index in [4.69, 9.17) is 0 Å². The van der Waals surface area contributed by atoms with Gasteiger partial charge in [0.25, 0.3) is 0 Å². The summed E-state index contributed by atoms with van der Waals surface area (Å²) in [5, 5.41) is 0. The van der Waals surface area contributed by atoms with E-state index in [0.29, 0.717) is 0 Å². The molecule has 41 valence electrons. The minimum atomic E-state index is 0. The van der Waals surface area contributed by atoms with Gasteiger partial charge in [0, 0.05) is 0 Å². The van der Waals surface area contributed by atoms with Crippen molar-refractivity contribution in [1.82, 2.24) is 0 Å². The molecule has 0 aliphatic heterocycles. The summed E-state index contributed by atoms with van der Waals surface area (Å²) in [6.07, 6.45) is 0. The molecule has 0 nitrogen and oxygen atoms in total. The summed E-state index contributed by atoms with van der Waals surface area (Å²) in [6.45, 7) is 3.72. The average Bonchev–Trinajstić information content (AvgIpc) is 1.69. The molecule has 1 aromatic rings. The van der Waals surface area contributed by atoms with Gasteiger partial charge in [-0.2, -0.15) is 0 Å². The van der Waals surface area contributed by atoms with Crippen LogP contribution in [-0.2, 0) is 0 Å². The van der Waals surface area contributed by atoms with Crippen LogP contribution in [0.3, 0.4) is 0 Å². The van der Waals surface area contributed by atoms with Crippen LogP contribution in [0.5, 0.6) is 0 Å². The molecular formula is C7H10Ga. The van der Waals surface area contributed by atoms with Crippen LogP contribution in [0, 0.1) is 6.92 Å². The summed E-state index contributed by atoms with van der Waals surface area (Å²) in [5.41, 5.74) is 1.07. The van der Waals surface area contributed by atoms with Gasteiger partial charge in [-0.1, -0.05) is 30.3 Å². The third kappa shape index (κ3) is 2.24. The van der Waals surface area contributed by atoms with Crippen LogP contribution in [0.2, 0.25) is 0 Å². The van der Waals surface area contributed by atoms with Gasteiger partial charge in [0.1, 0.15) is 0 Å². The van der Waals surface area contributed by atoms with Gasteiger partial charge in [0.2, 0.25) is 0 Å². The van der Waals surface area contributed by atoms with Crippen LogP contribution in [0.15, 0.2) is 30.3 Å². The number of hydrogen-bond donors (Lipinski definition) is 0. The van der Waals surface area contributed by atoms with Gasteiger partial charge < -0.3 is 0 Å². The average molecular weight is 164 g/mol. The van der Waals surface area contributed by atoms with E-state index in [1.807, 2.05) is 30.3 Å². The van der Waals surface area contributed by atoms with Crippen molar-refractivity contribution in [2.24, 2.45) is 0 Å². The van der Waals surface area contributed by atoms with Gasteiger partial charge in [-0.15, -0.1) is 0 Å².